The maximum absolute atomic E-state index is 12.5. The second kappa shape index (κ2) is 5.14. The van der Waals surface area contributed by atoms with Crippen molar-refractivity contribution in [3.8, 4) is 0 Å². The van der Waals surface area contributed by atoms with Crippen LogP contribution in [0.2, 0.25) is 0 Å². The zero-order valence-electron chi connectivity index (χ0n) is 10.3. The van der Waals surface area contributed by atoms with Gasteiger partial charge in [0.2, 0.25) is 0 Å². The summed E-state index contributed by atoms with van der Waals surface area (Å²) in [5, 5.41) is 3.34. The minimum Gasteiger partial charge on any atom is -0.316 e. The van der Waals surface area contributed by atoms with Crippen molar-refractivity contribution in [3.63, 3.8) is 0 Å². The summed E-state index contributed by atoms with van der Waals surface area (Å²) in [5.74, 6) is 0.186. The Labute approximate surface area is 101 Å². The molecule has 5 heteroatoms. The van der Waals surface area contributed by atoms with Gasteiger partial charge in [-0.2, -0.15) is 13.2 Å². The normalized spacial score (nSPS) is 33.2. The van der Waals surface area contributed by atoms with Gasteiger partial charge in [0.15, 0.2) is 0 Å². The van der Waals surface area contributed by atoms with Gasteiger partial charge in [0.1, 0.15) is 0 Å². The number of piperidine rings is 1. The Kier molecular flexibility index (Phi) is 3.98. The van der Waals surface area contributed by atoms with Crippen molar-refractivity contribution >= 4 is 0 Å². The van der Waals surface area contributed by atoms with E-state index >= 15 is 0 Å². The van der Waals surface area contributed by atoms with E-state index in [2.05, 4.69) is 17.1 Å². The number of likely N-dealkylation sites (tertiary alicyclic amines) is 1. The molecule has 0 aliphatic carbocycles. The second-order valence-corrected chi connectivity index (χ2v) is 5.51. The van der Waals surface area contributed by atoms with E-state index in [1.807, 2.05) is 0 Å². The third-order valence-electron chi connectivity index (χ3n) is 4.22. The average molecular weight is 250 g/mol. The van der Waals surface area contributed by atoms with Crippen LogP contribution in [0.4, 0.5) is 13.2 Å². The predicted octanol–water partition coefficient (Wildman–Crippen LogP) is 2.12. The first-order chi connectivity index (χ1) is 7.97. The maximum Gasteiger partial charge on any atom is 0.391 e. The molecular formula is C12H21F3N2. The first-order valence-corrected chi connectivity index (χ1v) is 6.46. The van der Waals surface area contributed by atoms with Crippen molar-refractivity contribution in [1.29, 1.82) is 0 Å². The van der Waals surface area contributed by atoms with E-state index in [9.17, 15) is 13.2 Å². The highest BCUT2D eigenvalue weighted by Crippen LogP contribution is 2.34. The highest BCUT2D eigenvalue weighted by molar-refractivity contribution is 4.83. The quantitative estimate of drug-likeness (QED) is 0.807. The summed E-state index contributed by atoms with van der Waals surface area (Å²) in [5.41, 5.74) is 0. The molecule has 0 saturated carbocycles. The van der Waals surface area contributed by atoms with Crippen molar-refractivity contribution in [2.24, 2.45) is 17.8 Å². The lowest BCUT2D eigenvalue weighted by Crippen LogP contribution is -2.42. The van der Waals surface area contributed by atoms with E-state index in [1.54, 1.807) is 0 Å². The third kappa shape index (κ3) is 3.35. The van der Waals surface area contributed by atoms with Crippen molar-refractivity contribution in [2.45, 2.75) is 25.9 Å². The molecule has 0 aromatic rings. The lowest BCUT2D eigenvalue weighted by Gasteiger charge is -2.34. The molecule has 0 aromatic carbocycles. The molecular weight excluding hydrogens is 229 g/mol. The number of rotatable bonds is 2. The second-order valence-electron chi connectivity index (χ2n) is 5.51. The number of nitrogens with one attached hydrogen (secondary N) is 1. The topological polar surface area (TPSA) is 15.3 Å². The SMILES string of the molecule is CC1CNCC1CN1CCC(C(F)(F)F)CC1. The monoisotopic (exact) mass is 250 g/mol. The largest absolute Gasteiger partial charge is 0.391 e. The van der Waals surface area contributed by atoms with Crippen LogP contribution in [-0.2, 0) is 0 Å². The summed E-state index contributed by atoms with van der Waals surface area (Å²) in [6.07, 6.45) is -3.44. The fourth-order valence-corrected chi connectivity index (χ4v) is 2.88. The number of nitrogens with zero attached hydrogens (tertiary/aromatic N) is 1. The molecule has 2 aliphatic rings. The molecule has 0 aromatic heterocycles. The molecule has 2 heterocycles. The van der Waals surface area contributed by atoms with Crippen LogP contribution >= 0.6 is 0 Å². The summed E-state index contributed by atoms with van der Waals surface area (Å²) in [4.78, 5) is 2.20. The van der Waals surface area contributed by atoms with Crippen molar-refractivity contribution < 1.29 is 13.2 Å². The fourth-order valence-electron chi connectivity index (χ4n) is 2.88. The van der Waals surface area contributed by atoms with Gasteiger partial charge in [-0.15, -0.1) is 0 Å². The Bertz CT molecular complexity index is 247. The van der Waals surface area contributed by atoms with Crippen molar-refractivity contribution in [1.82, 2.24) is 10.2 Å². The van der Waals surface area contributed by atoms with Crippen LogP contribution in [0.5, 0.6) is 0 Å². The molecule has 2 saturated heterocycles. The molecule has 2 fully saturated rings. The standard InChI is InChI=1S/C12H21F3N2/c1-9-6-16-7-10(9)8-17-4-2-11(3-5-17)12(13,14)15/h9-11,16H,2-8H2,1H3. The van der Waals surface area contributed by atoms with Crippen LogP contribution in [0, 0.1) is 17.8 Å². The zero-order valence-corrected chi connectivity index (χ0v) is 10.3. The van der Waals surface area contributed by atoms with Crippen LogP contribution in [0.25, 0.3) is 0 Å². The summed E-state index contributed by atoms with van der Waals surface area (Å²) in [6, 6.07) is 0. The first kappa shape index (κ1) is 13.1. The number of alkyl halides is 3. The Morgan fingerprint density at radius 2 is 1.82 bits per heavy atom. The summed E-state index contributed by atoms with van der Waals surface area (Å²) >= 11 is 0. The molecule has 2 atom stereocenters. The molecule has 2 unspecified atom stereocenters. The zero-order chi connectivity index (χ0) is 12.5. The number of halogens is 3. The molecule has 100 valence electrons. The Morgan fingerprint density at radius 1 is 1.18 bits per heavy atom. The molecule has 1 N–H and O–H groups in total. The first-order valence-electron chi connectivity index (χ1n) is 6.46. The van der Waals surface area contributed by atoms with Crippen molar-refractivity contribution in [3.05, 3.63) is 0 Å². The number of hydrogen-bond acceptors (Lipinski definition) is 2. The summed E-state index contributed by atoms with van der Waals surface area (Å²) in [7, 11) is 0. The highest BCUT2D eigenvalue weighted by Gasteiger charge is 2.41. The van der Waals surface area contributed by atoms with Gasteiger partial charge >= 0.3 is 6.18 Å². The molecule has 0 radical (unpaired) electrons. The van der Waals surface area contributed by atoms with Gasteiger partial charge in [-0.3, -0.25) is 0 Å². The molecule has 2 rings (SSSR count). The molecule has 0 amide bonds. The minimum absolute atomic E-state index is 0.276. The molecule has 2 aliphatic heterocycles. The van der Waals surface area contributed by atoms with Gasteiger partial charge in [-0.25, -0.2) is 0 Å². The van der Waals surface area contributed by atoms with Gasteiger partial charge < -0.3 is 10.2 Å². The Morgan fingerprint density at radius 3 is 2.29 bits per heavy atom. The summed E-state index contributed by atoms with van der Waals surface area (Å²) in [6.45, 7) is 6.44. The van der Waals surface area contributed by atoms with Crippen LogP contribution in [-0.4, -0.2) is 43.8 Å². The average Bonchev–Trinajstić information content (AvgIpc) is 2.64. The lowest BCUT2D eigenvalue weighted by atomic mass is 9.93. The van der Waals surface area contributed by atoms with Crippen LogP contribution in [0.1, 0.15) is 19.8 Å². The molecule has 17 heavy (non-hydrogen) atoms. The highest BCUT2D eigenvalue weighted by atomic mass is 19.4. The van der Waals surface area contributed by atoms with Gasteiger partial charge in [-0.05, 0) is 50.9 Å². The Hall–Kier alpha value is -0.290. The van der Waals surface area contributed by atoms with E-state index in [4.69, 9.17) is 0 Å². The molecule has 0 spiro atoms. The molecule has 2 nitrogen and oxygen atoms in total. The summed E-state index contributed by atoms with van der Waals surface area (Å²) < 4.78 is 37.5. The Balaban J connectivity index is 1.76. The predicted molar refractivity (Wildman–Crippen MR) is 60.7 cm³/mol. The van der Waals surface area contributed by atoms with E-state index in [0.717, 1.165) is 19.6 Å². The number of hydrogen-bond donors (Lipinski definition) is 1. The molecule has 0 bridgehead atoms. The van der Waals surface area contributed by atoms with Gasteiger partial charge in [0.25, 0.3) is 0 Å². The van der Waals surface area contributed by atoms with Crippen LogP contribution in [0.3, 0.4) is 0 Å². The van der Waals surface area contributed by atoms with E-state index < -0.39 is 12.1 Å². The lowest BCUT2D eigenvalue weighted by molar-refractivity contribution is -0.185. The smallest absolute Gasteiger partial charge is 0.316 e. The van der Waals surface area contributed by atoms with Gasteiger partial charge in [-0.1, -0.05) is 6.92 Å². The van der Waals surface area contributed by atoms with E-state index in [1.165, 1.54) is 0 Å². The van der Waals surface area contributed by atoms with Crippen LogP contribution in [0.15, 0.2) is 0 Å². The van der Waals surface area contributed by atoms with Gasteiger partial charge in [0.05, 0.1) is 5.92 Å². The third-order valence-corrected chi connectivity index (χ3v) is 4.22. The van der Waals surface area contributed by atoms with E-state index in [0.29, 0.717) is 24.9 Å². The minimum atomic E-state index is -3.99. The van der Waals surface area contributed by atoms with Gasteiger partial charge in [0, 0.05) is 6.54 Å². The fraction of sp³-hybridized carbons (Fsp3) is 1.00. The van der Waals surface area contributed by atoms with E-state index in [-0.39, 0.29) is 12.8 Å². The maximum atomic E-state index is 12.5. The van der Waals surface area contributed by atoms with Crippen LogP contribution < -0.4 is 5.32 Å². The van der Waals surface area contributed by atoms with Crippen molar-refractivity contribution in [2.75, 3.05) is 32.7 Å².